The van der Waals surface area contributed by atoms with Crippen molar-refractivity contribution in [1.82, 2.24) is 4.90 Å². The van der Waals surface area contributed by atoms with Gasteiger partial charge in [-0.15, -0.1) is 0 Å². The highest BCUT2D eigenvalue weighted by Crippen LogP contribution is 2.29. The fraction of sp³-hybridized carbons (Fsp3) is 0.909. The number of rotatable bonds is 3. The molecule has 4 nitrogen and oxygen atoms in total. The predicted octanol–water partition coefficient (Wildman–Crippen LogP) is 0.201. The maximum Gasteiger partial charge on any atom is 0.225 e. The molecular weight excluding hydrogens is 192 g/mol. The molecule has 0 heterocycles. The number of hydrogen-bond donors (Lipinski definition) is 2. The van der Waals surface area contributed by atoms with E-state index in [1.807, 2.05) is 0 Å². The van der Waals surface area contributed by atoms with E-state index in [4.69, 9.17) is 10.8 Å². The number of nitrogens with zero attached hydrogens (tertiary/aromatic N) is 1. The summed E-state index contributed by atoms with van der Waals surface area (Å²) in [5.74, 6) is 0.719. The highest BCUT2D eigenvalue weighted by atomic mass is 16.3. The van der Waals surface area contributed by atoms with Gasteiger partial charge >= 0.3 is 0 Å². The molecule has 3 atom stereocenters. The number of aliphatic hydroxyl groups excluding tert-OH is 1. The molecule has 3 unspecified atom stereocenters. The van der Waals surface area contributed by atoms with Crippen LogP contribution < -0.4 is 5.73 Å². The van der Waals surface area contributed by atoms with E-state index in [2.05, 4.69) is 6.92 Å². The molecule has 0 aliphatic heterocycles. The van der Waals surface area contributed by atoms with Crippen LogP contribution in [0.25, 0.3) is 0 Å². The summed E-state index contributed by atoms with van der Waals surface area (Å²) >= 11 is 0. The third-order valence-electron chi connectivity index (χ3n) is 3.14. The van der Waals surface area contributed by atoms with Crippen LogP contribution in [-0.2, 0) is 4.79 Å². The lowest BCUT2D eigenvalue weighted by Gasteiger charge is -2.32. The van der Waals surface area contributed by atoms with E-state index < -0.39 is 0 Å². The zero-order valence-electron chi connectivity index (χ0n) is 9.65. The van der Waals surface area contributed by atoms with E-state index in [9.17, 15) is 4.79 Å². The van der Waals surface area contributed by atoms with Crippen molar-refractivity contribution in [2.24, 2.45) is 17.6 Å². The Morgan fingerprint density at radius 2 is 2.13 bits per heavy atom. The number of likely N-dealkylation sites (N-methyl/N-ethyl adjacent to an activating group) is 1. The minimum absolute atomic E-state index is 0.0244. The van der Waals surface area contributed by atoms with Crippen molar-refractivity contribution in [3.63, 3.8) is 0 Å². The molecule has 88 valence electrons. The van der Waals surface area contributed by atoms with Gasteiger partial charge < -0.3 is 15.7 Å². The molecule has 3 N–H and O–H groups in total. The lowest BCUT2D eigenvalue weighted by molar-refractivity contribution is -0.136. The maximum absolute atomic E-state index is 11.9. The number of carbonyl (C=O) groups excluding carboxylic acids is 1. The third kappa shape index (κ3) is 3.47. The summed E-state index contributed by atoms with van der Waals surface area (Å²) in [5, 5.41) is 8.77. The van der Waals surface area contributed by atoms with Crippen LogP contribution in [0.2, 0.25) is 0 Å². The summed E-state index contributed by atoms with van der Waals surface area (Å²) in [5.41, 5.74) is 5.91. The van der Waals surface area contributed by atoms with Gasteiger partial charge in [-0.3, -0.25) is 4.79 Å². The number of hydrogen-bond acceptors (Lipinski definition) is 3. The maximum atomic E-state index is 11.9. The minimum Gasteiger partial charge on any atom is -0.395 e. The Hall–Kier alpha value is -0.610. The summed E-state index contributed by atoms with van der Waals surface area (Å²) in [6.45, 7) is 2.58. The van der Waals surface area contributed by atoms with Gasteiger partial charge in [0.15, 0.2) is 0 Å². The standard InChI is InChI=1S/C11H22N2O2/c1-8-5-9(7-10(12)6-8)11(15)13(2)3-4-14/h8-10,14H,3-7,12H2,1-2H3. The zero-order chi connectivity index (χ0) is 11.4. The Morgan fingerprint density at radius 1 is 1.47 bits per heavy atom. The van der Waals surface area contributed by atoms with Gasteiger partial charge in [0.05, 0.1) is 6.61 Å². The smallest absolute Gasteiger partial charge is 0.225 e. The third-order valence-corrected chi connectivity index (χ3v) is 3.14. The van der Waals surface area contributed by atoms with Crippen LogP contribution in [0.1, 0.15) is 26.2 Å². The van der Waals surface area contributed by atoms with Crippen LogP contribution in [0.4, 0.5) is 0 Å². The molecule has 0 bridgehead atoms. The molecule has 1 rings (SSSR count). The van der Waals surface area contributed by atoms with Crippen LogP contribution in [0, 0.1) is 11.8 Å². The lowest BCUT2D eigenvalue weighted by atomic mass is 9.79. The van der Waals surface area contributed by atoms with Crippen LogP contribution in [0.3, 0.4) is 0 Å². The van der Waals surface area contributed by atoms with Gasteiger partial charge in [0.25, 0.3) is 0 Å². The first-order chi connectivity index (χ1) is 7.04. The normalized spacial score (nSPS) is 31.3. The summed E-state index contributed by atoms with van der Waals surface area (Å²) in [6.07, 6.45) is 2.74. The van der Waals surface area contributed by atoms with Gasteiger partial charge in [0.1, 0.15) is 0 Å². The Bertz CT molecular complexity index is 211. The molecule has 1 fully saturated rings. The largest absolute Gasteiger partial charge is 0.395 e. The lowest BCUT2D eigenvalue weighted by Crippen LogP contribution is -2.41. The van der Waals surface area contributed by atoms with E-state index in [0.29, 0.717) is 12.5 Å². The Morgan fingerprint density at radius 3 is 2.67 bits per heavy atom. The minimum atomic E-state index is 0.0244. The second-order valence-corrected chi connectivity index (χ2v) is 4.75. The quantitative estimate of drug-likeness (QED) is 0.705. The van der Waals surface area contributed by atoms with E-state index >= 15 is 0 Å². The van der Waals surface area contributed by atoms with Gasteiger partial charge in [-0.25, -0.2) is 0 Å². The molecule has 0 aromatic rings. The Labute approximate surface area is 91.4 Å². The van der Waals surface area contributed by atoms with Crippen molar-refractivity contribution in [2.45, 2.75) is 32.2 Å². The molecule has 4 heteroatoms. The molecule has 0 spiro atoms. The summed E-state index contributed by atoms with van der Waals surface area (Å²) < 4.78 is 0. The van der Waals surface area contributed by atoms with Crippen molar-refractivity contribution in [1.29, 1.82) is 0 Å². The molecule has 1 aliphatic rings. The SMILES string of the molecule is CC1CC(N)CC(C(=O)N(C)CCO)C1. The van der Waals surface area contributed by atoms with Crippen LogP contribution in [-0.4, -0.2) is 42.2 Å². The van der Waals surface area contributed by atoms with Crippen molar-refractivity contribution < 1.29 is 9.90 Å². The van der Waals surface area contributed by atoms with Crippen LogP contribution >= 0.6 is 0 Å². The van der Waals surface area contributed by atoms with Crippen molar-refractivity contribution in [3.8, 4) is 0 Å². The number of aliphatic hydroxyl groups is 1. The molecular formula is C11H22N2O2. The molecule has 0 radical (unpaired) electrons. The zero-order valence-corrected chi connectivity index (χ0v) is 9.65. The first-order valence-electron chi connectivity index (χ1n) is 5.66. The summed E-state index contributed by atoms with van der Waals surface area (Å²) in [6, 6.07) is 0.158. The molecule has 1 saturated carbocycles. The summed E-state index contributed by atoms with van der Waals surface area (Å²) in [7, 11) is 1.74. The summed E-state index contributed by atoms with van der Waals surface area (Å²) in [4.78, 5) is 13.5. The average molecular weight is 214 g/mol. The molecule has 1 aliphatic carbocycles. The van der Waals surface area contributed by atoms with Crippen molar-refractivity contribution in [3.05, 3.63) is 0 Å². The van der Waals surface area contributed by atoms with Crippen LogP contribution in [0.15, 0.2) is 0 Å². The van der Waals surface area contributed by atoms with Gasteiger partial charge in [-0.1, -0.05) is 6.92 Å². The number of nitrogens with two attached hydrogens (primary N) is 1. The van der Waals surface area contributed by atoms with E-state index in [-0.39, 0.29) is 24.5 Å². The van der Waals surface area contributed by atoms with E-state index in [1.165, 1.54) is 0 Å². The first kappa shape index (κ1) is 12.5. The topological polar surface area (TPSA) is 66.6 Å². The first-order valence-corrected chi connectivity index (χ1v) is 5.66. The van der Waals surface area contributed by atoms with Crippen molar-refractivity contribution in [2.75, 3.05) is 20.2 Å². The molecule has 15 heavy (non-hydrogen) atoms. The van der Waals surface area contributed by atoms with Gasteiger partial charge in [-0.2, -0.15) is 0 Å². The predicted molar refractivity (Wildman–Crippen MR) is 59.2 cm³/mol. The van der Waals surface area contributed by atoms with Gasteiger partial charge in [-0.05, 0) is 25.2 Å². The number of carbonyl (C=O) groups is 1. The van der Waals surface area contributed by atoms with Gasteiger partial charge in [0.2, 0.25) is 5.91 Å². The second kappa shape index (κ2) is 5.47. The van der Waals surface area contributed by atoms with E-state index in [0.717, 1.165) is 19.3 Å². The monoisotopic (exact) mass is 214 g/mol. The molecule has 0 saturated heterocycles. The molecule has 0 aromatic heterocycles. The molecule has 0 aromatic carbocycles. The highest BCUT2D eigenvalue weighted by Gasteiger charge is 2.30. The fourth-order valence-electron chi connectivity index (χ4n) is 2.43. The fourth-order valence-corrected chi connectivity index (χ4v) is 2.43. The van der Waals surface area contributed by atoms with Crippen LogP contribution in [0.5, 0.6) is 0 Å². The average Bonchev–Trinajstić information content (AvgIpc) is 2.15. The van der Waals surface area contributed by atoms with E-state index in [1.54, 1.807) is 11.9 Å². The van der Waals surface area contributed by atoms with Gasteiger partial charge in [0, 0.05) is 25.6 Å². The molecule has 1 amide bonds. The Balaban J connectivity index is 2.51. The second-order valence-electron chi connectivity index (χ2n) is 4.75. The Kier molecular flexibility index (Phi) is 4.54. The highest BCUT2D eigenvalue weighted by molar-refractivity contribution is 5.78. The number of amides is 1. The van der Waals surface area contributed by atoms with Crippen molar-refractivity contribution >= 4 is 5.91 Å².